The fraction of sp³-hybridized carbons (Fsp3) is 0.650. The molecule has 1 aliphatic rings. The quantitative estimate of drug-likeness (QED) is 0.798. The molecule has 0 unspecified atom stereocenters. The van der Waals surface area contributed by atoms with E-state index in [0.29, 0.717) is 23.6 Å². The third kappa shape index (κ3) is 5.66. The SMILES string of the molecule is CCCCN(C)C(=O)c1cc(NC(=O)C(C)(C)C)cnc1N1CCNCC1. The van der Waals surface area contributed by atoms with Gasteiger partial charge in [0.1, 0.15) is 5.82 Å². The molecule has 0 saturated carbocycles. The molecule has 2 amide bonds. The predicted octanol–water partition coefficient (Wildman–Crippen LogP) is 2.35. The molecule has 7 nitrogen and oxygen atoms in total. The van der Waals surface area contributed by atoms with Crippen LogP contribution in [0.3, 0.4) is 0 Å². The van der Waals surface area contributed by atoms with Crippen molar-refractivity contribution in [3.8, 4) is 0 Å². The Balaban J connectivity index is 2.33. The normalized spacial score (nSPS) is 14.8. The number of anilines is 2. The highest BCUT2D eigenvalue weighted by molar-refractivity contribution is 6.01. The lowest BCUT2D eigenvalue weighted by Gasteiger charge is -2.31. The van der Waals surface area contributed by atoms with Gasteiger partial charge in [0.15, 0.2) is 0 Å². The van der Waals surface area contributed by atoms with Crippen LogP contribution in [0.2, 0.25) is 0 Å². The molecule has 1 aromatic rings. The lowest BCUT2D eigenvalue weighted by molar-refractivity contribution is -0.123. The number of pyridine rings is 1. The minimum Gasteiger partial charge on any atom is -0.353 e. The van der Waals surface area contributed by atoms with Crippen molar-refractivity contribution in [3.05, 3.63) is 17.8 Å². The van der Waals surface area contributed by atoms with E-state index in [1.807, 2.05) is 27.8 Å². The molecule has 150 valence electrons. The van der Waals surface area contributed by atoms with E-state index in [-0.39, 0.29) is 11.8 Å². The van der Waals surface area contributed by atoms with Gasteiger partial charge < -0.3 is 20.4 Å². The summed E-state index contributed by atoms with van der Waals surface area (Å²) in [5.41, 5.74) is 0.586. The summed E-state index contributed by atoms with van der Waals surface area (Å²) in [4.78, 5) is 33.8. The molecule has 1 aromatic heterocycles. The first-order chi connectivity index (χ1) is 12.7. The molecular weight excluding hydrogens is 342 g/mol. The van der Waals surface area contributed by atoms with Crippen molar-refractivity contribution in [2.75, 3.05) is 50.0 Å². The average Bonchev–Trinajstić information content (AvgIpc) is 2.65. The van der Waals surface area contributed by atoms with E-state index in [2.05, 4.69) is 27.4 Å². The molecular formula is C20H33N5O2. The Labute approximate surface area is 162 Å². The van der Waals surface area contributed by atoms with E-state index in [1.54, 1.807) is 17.2 Å². The van der Waals surface area contributed by atoms with Gasteiger partial charge >= 0.3 is 0 Å². The molecule has 1 aliphatic heterocycles. The first-order valence-electron chi connectivity index (χ1n) is 9.76. The first kappa shape index (κ1) is 21.2. The first-order valence-corrected chi connectivity index (χ1v) is 9.76. The van der Waals surface area contributed by atoms with Crippen LogP contribution in [0.25, 0.3) is 0 Å². The Morgan fingerprint density at radius 2 is 1.96 bits per heavy atom. The summed E-state index contributed by atoms with van der Waals surface area (Å²) < 4.78 is 0. The van der Waals surface area contributed by atoms with Crippen molar-refractivity contribution >= 4 is 23.3 Å². The molecule has 0 spiro atoms. The zero-order valence-electron chi connectivity index (χ0n) is 17.3. The number of unbranched alkanes of at least 4 members (excludes halogenated alkanes) is 1. The Hall–Kier alpha value is -2.15. The maximum absolute atomic E-state index is 13.1. The Kier molecular flexibility index (Phi) is 7.18. The molecule has 2 heterocycles. The number of hydrogen-bond donors (Lipinski definition) is 2. The summed E-state index contributed by atoms with van der Waals surface area (Å²) in [6.45, 7) is 11.7. The molecule has 0 aliphatic carbocycles. The highest BCUT2D eigenvalue weighted by Crippen LogP contribution is 2.25. The van der Waals surface area contributed by atoms with Crippen molar-refractivity contribution < 1.29 is 9.59 Å². The smallest absolute Gasteiger partial charge is 0.257 e. The molecule has 1 fully saturated rings. The largest absolute Gasteiger partial charge is 0.353 e. The molecule has 0 bridgehead atoms. The van der Waals surface area contributed by atoms with Gasteiger partial charge in [0.05, 0.1) is 17.4 Å². The number of aromatic nitrogens is 1. The van der Waals surface area contributed by atoms with E-state index < -0.39 is 5.41 Å². The lowest BCUT2D eigenvalue weighted by atomic mass is 9.95. The predicted molar refractivity (Wildman–Crippen MR) is 109 cm³/mol. The Bertz CT molecular complexity index is 663. The van der Waals surface area contributed by atoms with Crippen molar-refractivity contribution in [2.24, 2.45) is 5.41 Å². The van der Waals surface area contributed by atoms with Crippen molar-refractivity contribution in [1.29, 1.82) is 0 Å². The van der Waals surface area contributed by atoms with Crippen molar-refractivity contribution in [1.82, 2.24) is 15.2 Å². The van der Waals surface area contributed by atoms with Gasteiger partial charge in [-0.1, -0.05) is 34.1 Å². The van der Waals surface area contributed by atoms with Gasteiger partial charge in [0.25, 0.3) is 5.91 Å². The van der Waals surface area contributed by atoms with Crippen LogP contribution in [-0.2, 0) is 4.79 Å². The van der Waals surface area contributed by atoms with E-state index in [0.717, 1.165) is 39.0 Å². The monoisotopic (exact) mass is 375 g/mol. The second kappa shape index (κ2) is 9.17. The second-order valence-electron chi connectivity index (χ2n) is 8.12. The number of rotatable bonds is 6. The zero-order chi connectivity index (χ0) is 20.0. The summed E-state index contributed by atoms with van der Waals surface area (Å²) in [6, 6.07) is 1.76. The number of hydrogen-bond acceptors (Lipinski definition) is 5. The van der Waals surface area contributed by atoms with Gasteiger partial charge in [-0.05, 0) is 12.5 Å². The number of nitrogens with zero attached hydrogens (tertiary/aromatic N) is 3. The molecule has 0 atom stereocenters. The number of amides is 2. The average molecular weight is 376 g/mol. The van der Waals surface area contributed by atoms with Crippen LogP contribution in [0.15, 0.2) is 12.3 Å². The number of carbonyl (C=O) groups excluding carboxylic acids is 2. The highest BCUT2D eigenvalue weighted by atomic mass is 16.2. The standard InChI is InChI=1S/C20H33N5O2/c1-6-7-10-24(5)18(26)16-13-15(23-19(27)20(2,3)4)14-22-17(16)25-11-8-21-9-12-25/h13-14,21H,6-12H2,1-5H3,(H,23,27). The summed E-state index contributed by atoms with van der Waals surface area (Å²) in [7, 11) is 1.82. The van der Waals surface area contributed by atoms with Gasteiger partial charge in [-0.25, -0.2) is 4.98 Å². The molecule has 0 aromatic carbocycles. The molecule has 1 saturated heterocycles. The third-order valence-corrected chi connectivity index (χ3v) is 4.65. The second-order valence-corrected chi connectivity index (χ2v) is 8.12. The fourth-order valence-corrected chi connectivity index (χ4v) is 2.83. The zero-order valence-corrected chi connectivity index (χ0v) is 17.3. The van der Waals surface area contributed by atoms with E-state index in [1.165, 1.54) is 0 Å². The summed E-state index contributed by atoms with van der Waals surface area (Å²) in [5.74, 6) is 0.534. The van der Waals surface area contributed by atoms with E-state index >= 15 is 0 Å². The molecule has 7 heteroatoms. The minimum absolute atomic E-state index is 0.0589. The van der Waals surface area contributed by atoms with Gasteiger partial charge in [0, 0.05) is 45.2 Å². The number of piperazine rings is 1. The van der Waals surface area contributed by atoms with Gasteiger partial charge in [-0.15, -0.1) is 0 Å². The number of carbonyl (C=O) groups is 2. The third-order valence-electron chi connectivity index (χ3n) is 4.65. The van der Waals surface area contributed by atoms with Crippen LogP contribution in [0.4, 0.5) is 11.5 Å². The van der Waals surface area contributed by atoms with Crippen molar-refractivity contribution in [3.63, 3.8) is 0 Å². The van der Waals surface area contributed by atoms with Crippen molar-refractivity contribution in [2.45, 2.75) is 40.5 Å². The minimum atomic E-state index is -0.515. The lowest BCUT2D eigenvalue weighted by Crippen LogP contribution is -2.45. The number of nitrogens with one attached hydrogen (secondary N) is 2. The maximum atomic E-state index is 13.1. The highest BCUT2D eigenvalue weighted by Gasteiger charge is 2.25. The summed E-state index contributed by atoms with van der Waals surface area (Å²) in [5, 5.41) is 6.20. The topological polar surface area (TPSA) is 77.6 Å². The van der Waals surface area contributed by atoms with E-state index in [4.69, 9.17) is 0 Å². The molecule has 2 rings (SSSR count). The van der Waals surface area contributed by atoms with Crippen LogP contribution in [0.1, 0.15) is 50.9 Å². The van der Waals surface area contributed by atoms with Crippen LogP contribution in [0, 0.1) is 5.41 Å². The molecule has 27 heavy (non-hydrogen) atoms. The van der Waals surface area contributed by atoms with Crippen LogP contribution in [0.5, 0.6) is 0 Å². The molecule has 0 radical (unpaired) electrons. The summed E-state index contributed by atoms with van der Waals surface area (Å²) in [6.07, 6.45) is 3.63. The summed E-state index contributed by atoms with van der Waals surface area (Å²) >= 11 is 0. The Morgan fingerprint density at radius 1 is 1.30 bits per heavy atom. The van der Waals surface area contributed by atoms with Gasteiger partial charge in [0.2, 0.25) is 5.91 Å². The molecule has 2 N–H and O–H groups in total. The van der Waals surface area contributed by atoms with Gasteiger partial charge in [-0.2, -0.15) is 0 Å². The van der Waals surface area contributed by atoms with Crippen LogP contribution >= 0.6 is 0 Å². The maximum Gasteiger partial charge on any atom is 0.257 e. The van der Waals surface area contributed by atoms with Crippen LogP contribution < -0.4 is 15.5 Å². The Morgan fingerprint density at radius 3 is 2.56 bits per heavy atom. The van der Waals surface area contributed by atoms with Crippen LogP contribution in [-0.4, -0.2) is 61.5 Å². The fourth-order valence-electron chi connectivity index (χ4n) is 2.83. The van der Waals surface area contributed by atoms with E-state index in [9.17, 15) is 9.59 Å². The van der Waals surface area contributed by atoms with Gasteiger partial charge in [-0.3, -0.25) is 9.59 Å².